The van der Waals surface area contributed by atoms with Gasteiger partial charge >= 0.3 is 12.3 Å². The van der Waals surface area contributed by atoms with Crippen LogP contribution >= 0.6 is 0 Å². The van der Waals surface area contributed by atoms with E-state index in [1.807, 2.05) is 6.92 Å². The largest absolute Gasteiger partial charge is 0.439 e. The SMILES string of the molecule is CCCc1ccc(C2(F)CC=CC(F)=C2c2cc(F)c(OC(F)(F)C(F)C(F)(F)F)c(F)c2)cc1. The second-order valence-electron chi connectivity index (χ2n) is 7.91. The second kappa shape index (κ2) is 9.58. The number of allylic oxidation sites excluding steroid dienone is 4. The Balaban J connectivity index is 2.04. The molecular formula is C24H18F10O. The van der Waals surface area contributed by atoms with Gasteiger partial charge in [0.15, 0.2) is 23.1 Å². The van der Waals surface area contributed by atoms with Gasteiger partial charge in [0, 0.05) is 12.0 Å². The van der Waals surface area contributed by atoms with Crippen LogP contribution in [0, 0.1) is 11.6 Å². The van der Waals surface area contributed by atoms with Gasteiger partial charge in [-0.15, -0.1) is 0 Å². The molecular weight excluding hydrogens is 494 g/mol. The number of alkyl halides is 7. The average molecular weight is 512 g/mol. The first-order valence-corrected chi connectivity index (χ1v) is 10.3. The fraction of sp³-hybridized carbons (Fsp3) is 0.333. The van der Waals surface area contributed by atoms with Gasteiger partial charge in [-0.05, 0) is 41.3 Å². The summed E-state index contributed by atoms with van der Waals surface area (Å²) in [7, 11) is 0. The van der Waals surface area contributed by atoms with Gasteiger partial charge in [-0.1, -0.05) is 43.7 Å². The van der Waals surface area contributed by atoms with E-state index in [4.69, 9.17) is 0 Å². The molecule has 0 heterocycles. The zero-order chi connectivity index (χ0) is 26.2. The van der Waals surface area contributed by atoms with Crippen molar-refractivity contribution in [1.29, 1.82) is 0 Å². The number of halogens is 10. The third kappa shape index (κ3) is 5.33. The molecule has 2 unspecified atom stereocenters. The highest BCUT2D eigenvalue weighted by Crippen LogP contribution is 2.49. The van der Waals surface area contributed by atoms with Gasteiger partial charge in [0.2, 0.25) is 0 Å². The molecule has 0 aromatic heterocycles. The number of hydrogen-bond acceptors (Lipinski definition) is 1. The molecule has 1 nitrogen and oxygen atoms in total. The molecule has 11 heteroatoms. The predicted octanol–water partition coefficient (Wildman–Crippen LogP) is 8.29. The molecule has 190 valence electrons. The number of rotatable bonds is 7. The molecule has 2 aromatic rings. The van der Waals surface area contributed by atoms with Crippen LogP contribution in [0.25, 0.3) is 5.57 Å². The van der Waals surface area contributed by atoms with Crippen molar-refractivity contribution < 1.29 is 48.6 Å². The van der Waals surface area contributed by atoms with Crippen molar-refractivity contribution >= 4 is 5.57 Å². The van der Waals surface area contributed by atoms with Crippen LogP contribution in [0.2, 0.25) is 0 Å². The molecule has 1 aliphatic carbocycles. The summed E-state index contributed by atoms with van der Waals surface area (Å²) in [5.41, 5.74) is -3.37. The third-order valence-electron chi connectivity index (χ3n) is 5.36. The summed E-state index contributed by atoms with van der Waals surface area (Å²) in [6.45, 7) is 1.93. The monoisotopic (exact) mass is 512 g/mol. The predicted molar refractivity (Wildman–Crippen MR) is 108 cm³/mol. The molecule has 0 aliphatic heterocycles. The average Bonchev–Trinajstić information content (AvgIpc) is 2.76. The summed E-state index contributed by atoms with van der Waals surface area (Å²) in [5, 5.41) is 0. The lowest BCUT2D eigenvalue weighted by Crippen LogP contribution is -2.46. The Labute approximate surface area is 193 Å². The first-order valence-electron chi connectivity index (χ1n) is 10.3. The Kier molecular flexibility index (Phi) is 7.29. The molecule has 1 aliphatic rings. The molecule has 0 N–H and O–H groups in total. The molecule has 0 amide bonds. The quantitative estimate of drug-likeness (QED) is 0.339. The van der Waals surface area contributed by atoms with E-state index in [0.29, 0.717) is 6.42 Å². The van der Waals surface area contributed by atoms with Crippen molar-refractivity contribution in [2.75, 3.05) is 0 Å². The van der Waals surface area contributed by atoms with Crippen LogP contribution < -0.4 is 4.74 Å². The lowest BCUT2D eigenvalue weighted by molar-refractivity contribution is -0.306. The van der Waals surface area contributed by atoms with Crippen LogP contribution in [0.4, 0.5) is 43.9 Å². The fourth-order valence-corrected chi connectivity index (χ4v) is 3.73. The molecule has 2 aromatic carbocycles. The first-order chi connectivity index (χ1) is 16.2. The maximum Gasteiger partial charge on any atom is 0.439 e. The molecule has 2 atom stereocenters. The molecule has 0 radical (unpaired) electrons. The Morgan fingerprint density at radius 3 is 2.06 bits per heavy atom. The highest BCUT2D eigenvalue weighted by molar-refractivity contribution is 5.79. The summed E-state index contributed by atoms with van der Waals surface area (Å²) in [5.74, 6) is -7.27. The topological polar surface area (TPSA) is 9.23 Å². The van der Waals surface area contributed by atoms with Gasteiger partial charge in [-0.25, -0.2) is 22.0 Å². The van der Waals surface area contributed by atoms with E-state index in [2.05, 4.69) is 4.74 Å². The lowest BCUT2D eigenvalue weighted by Gasteiger charge is -2.31. The summed E-state index contributed by atoms with van der Waals surface area (Å²) >= 11 is 0. The molecule has 0 saturated carbocycles. The Bertz CT molecular complexity index is 1110. The molecule has 0 saturated heterocycles. The summed E-state index contributed by atoms with van der Waals surface area (Å²) in [4.78, 5) is 0. The molecule has 3 rings (SSSR count). The Morgan fingerprint density at radius 2 is 1.54 bits per heavy atom. The van der Waals surface area contributed by atoms with Crippen LogP contribution in [0.3, 0.4) is 0 Å². The van der Waals surface area contributed by atoms with Crippen LogP contribution in [0.1, 0.15) is 36.5 Å². The standard InChI is InChI=1S/C24H18F10O/c1-2-4-13-6-8-15(9-7-13)22(29)10-3-5-16(25)19(22)14-11-17(26)20(18(27)12-14)35-24(33,34)21(28)23(30,31)32/h3,5-9,11-12,21H,2,4,10H2,1H3. The van der Waals surface area contributed by atoms with Gasteiger partial charge in [0.05, 0.1) is 0 Å². The van der Waals surface area contributed by atoms with Gasteiger partial charge < -0.3 is 4.74 Å². The van der Waals surface area contributed by atoms with Crippen LogP contribution in [-0.4, -0.2) is 18.5 Å². The minimum atomic E-state index is -6.08. The minimum absolute atomic E-state index is 0.0509. The van der Waals surface area contributed by atoms with Gasteiger partial charge in [-0.2, -0.15) is 22.0 Å². The molecule has 0 fully saturated rings. The van der Waals surface area contributed by atoms with Crippen molar-refractivity contribution in [3.8, 4) is 5.75 Å². The van der Waals surface area contributed by atoms with Crippen molar-refractivity contribution in [3.05, 3.63) is 82.7 Å². The van der Waals surface area contributed by atoms with Crippen molar-refractivity contribution in [2.45, 2.75) is 50.3 Å². The lowest BCUT2D eigenvalue weighted by atomic mass is 9.78. The van der Waals surface area contributed by atoms with E-state index in [-0.39, 0.29) is 17.7 Å². The zero-order valence-electron chi connectivity index (χ0n) is 18.0. The van der Waals surface area contributed by atoms with Crippen molar-refractivity contribution in [3.63, 3.8) is 0 Å². The fourth-order valence-electron chi connectivity index (χ4n) is 3.73. The van der Waals surface area contributed by atoms with E-state index in [1.54, 1.807) is 12.1 Å². The maximum atomic E-state index is 16.2. The van der Waals surface area contributed by atoms with Crippen LogP contribution in [0.15, 0.2) is 54.4 Å². The zero-order valence-corrected chi connectivity index (χ0v) is 18.0. The summed E-state index contributed by atoms with van der Waals surface area (Å²) in [6.07, 6.45) is -13.6. The molecule has 0 bridgehead atoms. The number of benzene rings is 2. The number of aryl methyl sites for hydroxylation is 1. The Hall–Kier alpha value is -2.98. The van der Waals surface area contributed by atoms with Crippen LogP contribution in [-0.2, 0) is 12.1 Å². The van der Waals surface area contributed by atoms with E-state index in [1.165, 1.54) is 12.1 Å². The highest BCUT2D eigenvalue weighted by Gasteiger charge is 2.59. The van der Waals surface area contributed by atoms with Crippen molar-refractivity contribution in [2.24, 2.45) is 0 Å². The van der Waals surface area contributed by atoms with E-state index >= 15 is 4.39 Å². The van der Waals surface area contributed by atoms with Gasteiger partial charge in [-0.3, -0.25) is 0 Å². The number of hydrogen-bond donors (Lipinski definition) is 0. The van der Waals surface area contributed by atoms with E-state index < -0.39 is 64.9 Å². The van der Waals surface area contributed by atoms with Crippen LogP contribution in [0.5, 0.6) is 5.75 Å². The summed E-state index contributed by atoms with van der Waals surface area (Å²) in [6, 6.07) is 6.40. The number of ether oxygens (including phenoxy) is 1. The Morgan fingerprint density at radius 1 is 0.971 bits per heavy atom. The normalized spacial score (nSPS) is 19.7. The van der Waals surface area contributed by atoms with E-state index in [0.717, 1.165) is 24.1 Å². The van der Waals surface area contributed by atoms with Gasteiger partial charge in [0.1, 0.15) is 5.83 Å². The van der Waals surface area contributed by atoms with E-state index in [9.17, 15) is 39.5 Å². The smallest absolute Gasteiger partial charge is 0.424 e. The first kappa shape index (κ1) is 26.6. The minimum Gasteiger partial charge on any atom is -0.424 e. The molecule has 0 spiro atoms. The summed E-state index contributed by atoms with van der Waals surface area (Å²) < 4.78 is 140. The second-order valence-corrected chi connectivity index (χ2v) is 7.91. The molecule has 35 heavy (non-hydrogen) atoms. The maximum absolute atomic E-state index is 16.2. The van der Waals surface area contributed by atoms with Gasteiger partial charge in [0.25, 0.3) is 6.17 Å². The highest BCUT2D eigenvalue weighted by atomic mass is 19.4. The third-order valence-corrected chi connectivity index (χ3v) is 5.36. The van der Waals surface area contributed by atoms with Crippen molar-refractivity contribution in [1.82, 2.24) is 0 Å².